The summed E-state index contributed by atoms with van der Waals surface area (Å²) in [6.45, 7) is 0. The second kappa shape index (κ2) is 4.81. The topological polar surface area (TPSA) is 68.0 Å². The molecule has 6 heteroatoms. The van der Waals surface area contributed by atoms with Crippen LogP contribution in [0.4, 0.5) is 0 Å². The van der Waals surface area contributed by atoms with Gasteiger partial charge in [0.25, 0.3) is 0 Å². The SMILES string of the molecule is O=C(O)c1cnc2c(c(C3CC3)nn2-c2ccccc2)c1Cl. The molecule has 1 N–H and O–H groups in total. The number of benzene rings is 1. The molecule has 0 bridgehead atoms. The van der Waals surface area contributed by atoms with Gasteiger partial charge in [-0.15, -0.1) is 0 Å². The van der Waals surface area contributed by atoms with Gasteiger partial charge in [0.15, 0.2) is 5.65 Å². The molecule has 3 aromatic rings. The molecule has 0 aliphatic heterocycles. The number of nitrogens with zero attached hydrogens (tertiary/aromatic N) is 3. The molecule has 0 amide bonds. The molecule has 0 spiro atoms. The van der Waals surface area contributed by atoms with Gasteiger partial charge in [-0.2, -0.15) is 5.10 Å². The van der Waals surface area contributed by atoms with Gasteiger partial charge in [0.2, 0.25) is 0 Å². The molecule has 1 aromatic carbocycles. The molecule has 2 aromatic heterocycles. The lowest BCUT2D eigenvalue weighted by atomic mass is 10.1. The Balaban J connectivity index is 2.04. The monoisotopic (exact) mass is 313 g/mol. The summed E-state index contributed by atoms with van der Waals surface area (Å²) in [4.78, 5) is 15.6. The number of carbonyl (C=O) groups is 1. The van der Waals surface area contributed by atoms with Gasteiger partial charge in [0.1, 0.15) is 0 Å². The minimum atomic E-state index is -1.08. The summed E-state index contributed by atoms with van der Waals surface area (Å²) in [5.74, 6) is -0.732. The van der Waals surface area contributed by atoms with E-state index in [1.807, 2.05) is 30.3 Å². The average molecular weight is 314 g/mol. The number of pyridine rings is 1. The van der Waals surface area contributed by atoms with Crippen LogP contribution < -0.4 is 0 Å². The van der Waals surface area contributed by atoms with Gasteiger partial charge in [-0.05, 0) is 25.0 Å². The predicted octanol–water partition coefficient (Wildman–Crippen LogP) is 3.65. The maximum Gasteiger partial charge on any atom is 0.338 e. The van der Waals surface area contributed by atoms with Gasteiger partial charge >= 0.3 is 5.97 Å². The summed E-state index contributed by atoms with van der Waals surface area (Å²) >= 11 is 6.34. The molecule has 0 saturated heterocycles. The first-order valence-corrected chi connectivity index (χ1v) is 7.40. The molecule has 5 nitrogen and oxygen atoms in total. The van der Waals surface area contributed by atoms with Gasteiger partial charge in [-0.25, -0.2) is 14.5 Å². The number of hydrogen-bond donors (Lipinski definition) is 1. The third-order valence-electron chi connectivity index (χ3n) is 3.86. The van der Waals surface area contributed by atoms with Crippen molar-refractivity contribution in [3.8, 4) is 5.69 Å². The zero-order valence-corrected chi connectivity index (χ0v) is 12.3. The fourth-order valence-corrected chi connectivity index (χ4v) is 2.92. The Morgan fingerprint density at radius 3 is 2.64 bits per heavy atom. The van der Waals surface area contributed by atoms with Crippen LogP contribution in [0.25, 0.3) is 16.7 Å². The fraction of sp³-hybridized carbons (Fsp3) is 0.188. The molecular weight excluding hydrogens is 302 g/mol. The van der Waals surface area contributed by atoms with Crippen molar-refractivity contribution in [1.82, 2.24) is 14.8 Å². The minimum absolute atomic E-state index is 0.0173. The van der Waals surface area contributed by atoms with Crippen molar-refractivity contribution in [1.29, 1.82) is 0 Å². The number of para-hydroxylation sites is 1. The van der Waals surface area contributed by atoms with Crippen LogP contribution in [0.5, 0.6) is 0 Å². The molecule has 22 heavy (non-hydrogen) atoms. The molecule has 1 aliphatic rings. The number of halogens is 1. The van der Waals surface area contributed by atoms with Gasteiger partial charge in [-0.3, -0.25) is 0 Å². The van der Waals surface area contributed by atoms with E-state index in [1.165, 1.54) is 6.20 Å². The van der Waals surface area contributed by atoms with Crippen LogP contribution in [0, 0.1) is 0 Å². The molecule has 1 aliphatic carbocycles. The largest absolute Gasteiger partial charge is 0.478 e. The van der Waals surface area contributed by atoms with Crippen LogP contribution in [-0.2, 0) is 0 Å². The second-order valence-corrected chi connectivity index (χ2v) is 5.77. The Morgan fingerprint density at radius 1 is 1.27 bits per heavy atom. The minimum Gasteiger partial charge on any atom is -0.478 e. The second-order valence-electron chi connectivity index (χ2n) is 5.40. The van der Waals surface area contributed by atoms with E-state index in [9.17, 15) is 9.90 Å². The third-order valence-corrected chi connectivity index (χ3v) is 4.25. The van der Waals surface area contributed by atoms with E-state index >= 15 is 0 Å². The van der Waals surface area contributed by atoms with Crippen molar-refractivity contribution in [2.75, 3.05) is 0 Å². The van der Waals surface area contributed by atoms with E-state index in [4.69, 9.17) is 11.6 Å². The molecule has 1 saturated carbocycles. The number of aromatic carboxylic acids is 1. The Kier molecular flexibility index (Phi) is 2.90. The van der Waals surface area contributed by atoms with Crippen LogP contribution in [0.1, 0.15) is 34.8 Å². The van der Waals surface area contributed by atoms with Crippen molar-refractivity contribution < 1.29 is 9.90 Å². The Morgan fingerprint density at radius 2 is 2.00 bits per heavy atom. The molecule has 0 atom stereocenters. The number of hydrogen-bond acceptors (Lipinski definition) is 3. The van der Waals surface area contributed by atoms with Crippen LogP contribution in [-0.4, -0.2) is 25.8 Å². The third kappa shape index (κ3) is 1.97. The first-order valence-electron chi connectivity index (χ1n) is 7.02. The van der Waals surface area contributed by atoms with Crippen molar-refractivity contribution in [3.63, 3.8) is 0 Å². The van der Waals surface area contributed by atoms with Crippen LogP contribution in [0.2, 0.25) is 5.02 Å². The van der Waals surface area contributed by atoms with Gasteiger partial charge < -0.3 is 5.11 Å². The molecule has 0 radical (unpaired) electrons. The van der Waals surface area contributed by atoms with Crippen LogP contribution >= 0.6 is 11.6 Å². The molecule has 2 heterocycles. The lowest BCUT2D eigenvalue weighted by Crippen LogP contribution is -2.01. The van der Waals surface area contributed by atoms with Crippen LogP contribution in [0.15, 0.2) is 36.5 Å². The van der Waals surface area contributed by atoms with Crippen molar-refractivity contribution in [2.24, 2.45) is 0 Å². The maximum atomic E-state index is 11.3. The van der Waals surface area contributed by atoms with E-state index in [0.717, 1.165) is 24.2 Å². The predicted molar refractivity (Wildman–Crippen MR) is 82.8 cm³/mol. The van der Waals surface area contributed by atoms with Crippen LogP contribution in [0.3, 0.4) is 0 Å². The van der Waals surface area contributed by atoms with Crippen molar-refractivity contribution in [2.45, 2.75) is 18.8 Å². The van der Waals surface area contributed by atoms with Gasteiger partial charge in [0, 0.05) is 12.1 Å². The van der Waals surface area contributed by atoms with Gasteiger partial charge in [0.05, 0.1) is 27.4 Å². The number of aromatic nitrogens is 3. The summed E-state index contributed by atoms with van der Waals surface area (Å²) < 4.78 is 1.74. The highest BCUT2D eigenvalue weighted by Crippen LogP contribution is 2.44. The normalized spacial score (nSPS) is 14.4. The number of carboxylic acids is 1. The first-order chi connectivity index (χ1) is 10.7. The summed E-state index contributed by atoms with van der Waals surface area (Å²) in [6, 6.07) is 9.65. The quantitative estimate of drug-likeness (QED) is 0.801. The number of rotatable bonds is 3. The van der Waals surface area contributed by atoms with Crippen molar-refractivity contribution >= 4 is 28.6 Å². The van der Waals surface area contributed by atoms with E-state index in [1.54, 1.807) is 4.68 Å². The molecule has 0 unspecified atom stereocenters. The van der Waals surface area contributed by atoms with Gasteiger partial charge in [-0.1, -0.05) is 29.8 Å². The molecule has 110 valence electrons. The highest BCUT2D eigenvalue weighted by atomic mass is 35.5. The fourth-order valence-electron chi connectivity index (χ4n) is 2.61. The Hall–Kier alpha value is -2.40. The van der Waals surface area contributed by atoms with E-state index < -0.39 is 5.97 Å². The standard InChI is InChI=1S/C16H12ClN3O2/c17-13-11(16(21)22)8-18-15-12(13)14(9-6-7-9)19-20(15)10-4-2-1-3-5-10/h1-5,8-9H,6-7H2,(H,21,22). The lowest BCUT2D eigenvalue weighted by Gasteiger charge is -2.03. The zero-order valence-electron chi connectivity index (χ0n) is 11.5. The summed E-state index contributed by atoms with van der Waals surface area (Å²) in [7, 11) is 0. The highest BCUT2D eigenvalue weighted by molar-refractivity contribution is 6.38. The summed E-state index contributed by atoms with van der Waals surface area (Å²) in [5, 5.41) is 14.8. The highest BCUT2D eigenvalue weighted by Gasteiger charge is 2.32. The smallest absolute Gasteiger partial charge is 0.338 e. The van der Waals surface area contributed by atoms with Crippen molar-refractivity contribution in [3.05, 3.63) is 52.8 Å². The molecular formula is C16H12ClN3O2. The van der Waals surface area contributed by atoms with E-state index in [2.05, 4.69) is 10.1 Å². The zero-order chi connectivity index (χ0) is 15.3. The molecule has 4 rings (SSSR count). The Bertz CT molecular complexity index is 885. The summed E-state index contributed by atoms with van der Waals surface area (Å²) in [5.41, 5.74) is 2.34. The van der Waals surface area contributed by atoms with E-state index in [0.29, 0.717) is 17.0 Å². The number of fused-ring (bicyclic) bond motifs is 1. The average Bonchev–Trinajstić information content (AvgIpc) is 3.29. The lowest BCUT2D eigenvalue weighted by molar-refractivity contribution is 0.0697. The first kappa shape index (κ1) is 13.3. The maximum absolute atomic E-state index is 11.3. The molecule has 1 fully saturated rings. The summed E-state index contributed by atoms with van der Waals surface area (Å²) in [6.07, 6.45) is 3.40. The van der Waals surface area contributed by atoms with E-state index in [-0.39, 0.29) is 10.6 Å². The Labute approximate surface area is 131 Å². The number of carboxylic acid groups (broad SMARTS) is 1.